The molecule has 8 nitrogen and oxygen atoms in total. The monoisotopic (exact) mass is 439 g/mol. The number of sulfonamides is 1. The van der Waals surface area contributed by atoms with Crippen LogP contribution in [0.5, 0.6) is 0 Å². The molecule has 2 N–H and O–H groups in total. The summed E-state index contributed by atoms with van der Waals surface area (Å²) < 4.78 is 65.6. The topological polar surface area (TPSA) is 106 Å². The van der Waals surface area contributed by atoms with E-state index < -0.39 is 22.1 Å². The van der Waals surface area contributed by atoms with E-state index in [2.05, 4.69) is 14.8 Å². The largest absolute Gasteiger partial charge is 0.471 e. The number of rotatable bonds is 7. The zero-order valence-corrected chi connectivity index (χ0v) is 16.1. The Morgan fingerprint density at radius 2 is 1.70 bits per heavy atom. The highest BCUT2D eigenvalue weighted by atomic mass is 32.2. The molecule has 30 heavy (non-hydrogen) atoms. The molecule has 1 aromatic carbocycles. The molecule has 0 aliphatic rings. The first-order chi connectivity index (χ1) is 14.1. The minimum atomic E-state index is -5.04. The summed E-state index contributed by atoms with van der Waals surface area (Å²) in [5, 5.41) is 5.79. The lowest BCUT2D eigenvalue weighted by atomic mass is 10.2. The number of aryl methyl sites for hydroxylation is 2. The first-order valence-electron chi connectivity index (χ1n) is 8.57. The van der Waals surface area contributed by atoms with Crippen LogP contribution in [0.15, 0.2) is 66.0 Å². The number of benzene rings is 1. The molecule has 0 atom stereocenters. The van der Waals surface area contributed by atoms with Crippen LogP contribution in [-0.2, 0) is 27.8 Å². The standard InChI is InChI=1S/C18H16F3N5O3S/c19-18(20,21)17(27)23-14-1-3-15(4-2-14)30(28,29)25-16-8-12-26(24-16)11-7-13-5-9-22-10-6-13/h1-6,8-10,12H,7,11H2,(H,23,27)(H,24,25). The van der Waals surface area contributed by atoms with Gasteiger partial charge in [-0.2, -0.15) is 18.3 Å². The van der Waals surface area contributed by atoms with E-state index in [0.29, 0.717) is 13.0 Å². The van der Waals surface area contributed by atoms with Crippen molar-refractivity contribution >= 4 is 27.4 Å². The smallest absolute Gasteiger partial charge is 0.318 e. The first-order valence-corrected chi connectivity index (χ1v) is 10.1. The molecule has 3 aromatic rings. The zero-order chi connectivity index (χ0) is 21.8. The minimum absolute atomic E-state index is 0.0965. The molecular weight excluding hydrogens is 423 g/mol. The van der Waals surface area contributed by atoms with Gasteiger partial charge in [0.2, 0.25) is 0 Å². The third-order valence-corrected chi connectivity index (χ3v) is 5.31. The summed E-state index contributed by atoms with van der Waals surface area (Å²) >= 11 is 0. The predicted molar refractivity (Wildman–Crippen MR) is 102 cm³/mol. The first kappa shape index (κ1) is 21.3. The van der Waals surface area contributed by atoms with Crippen molar-refractivity contribution in [3.05, 3.63) is 66.6 Å². The number of alkyl halides is 3. The fraction of sp³-hybridized carbons (Fsp3) is 0.167. The minimum Gasteiger partial charge on any atom is -0.318 e. The third kappa shape index (κ3) is 5.56. The van der Waals surface area contributed by atoms with Gasteiger partial charge < -0.3 is 5.32 Å². The molecule has 12 heteroatoms. The molecular formula is C18H16F3N5O3S. The molecule has 2 heterocycles. The Kier molecular flexibility index (Phi) is 6.06. The fourth-order valence-electron chi connectivity index (χ4n) is 2.45. The van der Waals surface area contributed by atoms with Crippen molar-refractivity contribution < 1.29 is 26.4 Å². The van der Waals surface area contributed by atoms with Gasteiger partial charge in [-0.1, -0.05) is 0 Å². The number of pyridine rings is 1. The molecule has 2 aromatic heterocycles. The van der Waals surface area contributed by atoms with Gasteiger partial charge in [0.05, 0.1) is 4.90 Å². The van der Waals surface area contributed by atoms with Gasteiger partial charge in [-0.25, -0.2) is 8.42 Å². The van der Waals surface area contributed by atoms with Gasteiger partial charge in [0, 0.05) is 36.9 Å². The molecule has 0 fully saturated rings. The van der Waals surface area contributed by atoms with Crippen molar-refractivity contribution in [1.82, 2.24) is 14.8 Å². The summed E-state index contributed by atoms with van der Waals surface area (Å²) in [6.45, 7) is 0.527. The second kappa shape index (κ2) is 8.53. The third-order valence-electron chi connectivity index (χ3n) is 3.94. The van der Waals surface area contributed by atoms with E-state index in [-0.39, 0.29) is 16.4 Å². The van der Waals surface area contributed by atoms with Crippen LogP contribution in [0.2, 0.25) is 0 Å². The van der Waals surface area contributed by atoms with Crippen molar-refractivity contribution in [3.8, 4) is 0 Å². The molecule has 0 unspecified atom stereocenters. The van der Waals surface area contributed by atoms with E-state index in [9.17, 15) is 26.4 Å². The van der Waals surface area contributed by atoms with Gasteiger partial charge in [0.25, 0.3) is 10.0 Å². The molecule has 0 aliphatic heterocycles. The number of halogens is 3. The number of nitrogens with zero attached hydrogens (tertiary/aromatic N) is 3. The molecule has 0 spiro atoms. The van der Waals surface area contributed by atoms with Crippen LogP contribution < -0.4 is 10.0 Å². The molecule has 0 radical (unpaired) electrons. The summed E-state index contributed by atoms with van der Waals surface area (Å²) in [7, 11) is -4.01. The van der Waals surface area contributed by atoms with Crippen molar-refractivity contribution in [2.24, 2.45) is 0 Å². The van der Waals surface area contributed by atoms with Crippen LogP contribution in [0.4, 0.5) is 24.7 Å². The summed E-state index contributed by atoms with van der Waals surface area (Å²) in [6.07, 6.45) is 0.619. The lowest BCUT2D eigenvalue weighted by Gasteiger charge is -2.09. The number of hydrogen-bond acceptors (Lipinski definition) is 5. The zero-order valence-electron chi connectivity index (χ0n) is 15.3. The molecule has 158 valence electrons. The molecule has 0 aliphatic carbocycles. The number of carbonyl (C=O) groups excluding carboxylic acids is 1. The Morgan fingerprint density at radius 3 is 2.33 bits per heavy atom. The van der Waals surface area contributed by atoms with Crippen LogP contribution in [0.25, 0.3) is 0 Å². The predicted octanol–water partition coefficient (Wildman–Crippen LogP) is 2.82. The Hall–Kier alpha value is -3.41. The van der Waals surface area contributed by atoms with Crippen LogP contribution in [0.1, 0.15) is 5.56 Å². The van der Waals surface area contributed by atoms with Gasteiger partial charge in [-0.05, 0) is 48.4 Å². The number of hydrogen-bond donors (Lipinski definition) is 2. The molecule has 3 rings (SSSR count). The summed E-state index contributed by atoms with van der Waals surface area (Å²) in [6, 6.07) is 9.50. The maximum absolute atomic E-state index is 12.4. The van der Waals surface area contributed by atoms with E-state index in [1.807, 2.05) is 12.1 Å². The number of aromatic nitrogens is 3. The van der Waals surface area contributed by atoms with Crippen LogP contribution in [-0.4, -0.2) is 35.3 Å². The van der Waals surface area contributed by atoms with Crippen molar-refractivity contribution in [2.45, 2.75) is 24.0 Å². The van der Waals surface area contributed by atoms with Gasteiger partial charge in [-0.15, -0.1) is 0 Å². The summed E-state index contributed by atoms with van der Waals surface area (Å²) in [5.74, 6) is -2.05. The second-order valence-corrected chi connectivity index (χ2v) is 7.83. The molecule has 1 amide bonds. The maximum atomic E-state index is 12.4. The van der Waals surface area contributed by atoms with E-state index in [0.717, 1.165) is 29.8 Å². The lowest BCUT2D eigenvalue weighted by molar-refractivity contribution is -0.167. The average Bonchev–Trinajstić information content (AvgIpc) is 3.13. The van der Waals surface area contributed by atoms with Gasteiger partial charge in [-0.3, -0.25) is 19.2 Å². The van der Waals surface area contributed by atoms with Crippen molar-refractivity contribution in [1.29, 1.82) is 0 Å². The van der Waals surface area contributed by atoms with Crippen molar-refractivity contribution in [2.75, 3.05) is 10.0 Å². The molecule has 0 saturated carbocycles. The van der Waals surface area contributed by atoms with Crippen LogP contribution in [0.3, 0.4) is 0 Å². The highest BCUT2D eigenvalue weighted by Crippen LogP contribution is 2.20. The van der Waals surface area contributed by atoms with E-state index in [1.54, 1.807) is 28.6 Å². The molecule has 0 saturated heterocycles. The Bertz CT molecular complexity index is 1110. The van der Waals surface area contributed by atoms with E-state index in [4.69, 9.17) is 0 Å². The van der Waals surface area contributed by atoms with Crippen molar-refractivity contribution in [3.63, 3.8) is 0 Å². The number of anilines is 2. The number of nitrogens with one attached hydrogen (secondary N) is 2. The SMILES string of the molecule is O=C(Nc1ccc(S(=O)(=O)Nc2ccn(CCc3ccncc3)n2)cc1)C(F)(F)F. The summed E-state index contributed by atoms with van der Waals surface area (Å²) in [4.78, 5) is 14.7. The normalized spacial score (nSPS) is 11.8. The van der Waals surface area contributed by atoms with Gasteiger partial charge in [0.15, 0.2) is 5.82 Å². The maximum Gasteiger partial charge on any atom is 0.471 e. The fourth-order valence-corrected chi connectivity index (χ4v) is 3.45. The highest BCUT2D eigenvalue weighted by molar-refractivity contribution is 7.92. The number of amides is 1. The quantitative estimate of drug-likeness (QED) is 0.589. The average molecular weight is 439 g/mol. The van der Waals surface area contributed by atoms with E-state index in [1.165, 1.54) is 6.07 Å². The van der Waals surface area contributed by atoms with E-state index >= 15 is 0 Å². The van der Waals surface area contributed by atoms with Crippen LogP contribution in [0, 0.1) is 0 Å². The number of carbonyl (C=O) groups is 1. The molecule has 0 bridgehead atoms. The van der Waals surface area contributed by atoms with Crippen LogP contribution >= 0.6 is 0 Å². The second-order valence-electron chi connectivity index (χ2n) is 6.15. The Balaban J connectivity index is 1.62. The van der Waals surface area contributed by atoms with Gasteiger partial charge >= 0.3 is 12.1 Å². The lowest BCUT2D eigenvalue weighted by Crippen LogP contribution is -2.29. The Labute approximate surface area is 169 Å². The highest BCUT2D eigenvalue weighted by Gasteiger charge is 2.38. The van der Waals surface area contributed by atoms with Gasteiger partial charge in [0.1, 0.15) is 0 Å². The summed E-state index contributed by atoms with van der Waals surface area (Å²) in [5.41, 5.74) is 0.872. The Morgan fingerprint density at radius 1 is 1.03 bits per heavy atom.